The minimum Gasteiger partial charge on any atom is -0.466 e. The van der Waals surface area contributed by atoms with E-state index in [-0.39, 0.29) is 42.4 Å². The maximum absolute atomic E-state index is 12.5. The molecule has 1 aliphatic carbocycles. The van der Waals surface area contributed by atoms with Gasteiger partial charge in [-0.25, -0.2) is 9.48 Å². The number of rotatable bonds is 6. The number of piperidine rings is 1. The summed E-state index contributed by atoms with van der Waals surface area (Å²) in [5.41, 5.74) is -0.0233. The molecule has 0 radical (unpaired) electrons. The van der Waals surface area contributed by atoms with Crippen molar-refractivity contribution in [2.75, 3.05) is 19.7 Å². The summed E-state index contributed by atoms with van der Waals surface area (Å²) in [5, 5.41) is 4.53. The van der Waals surface area contributed by atoms with E-state index in [0.29, 0.717) is 19.7 Å². The maximum Gasteiger partial charge on any atom is 0.345 e. The first-order valence-electron chi connectivity index (χ1n) is 10.1. The van der Waals surface area contributed by atoms with E-state index < -0.39 is 0 Å². The topological polar surface area (TPSA) is 86.4 Å². The lowest BCUT2D eigenvalue weighted by Crippen LogP contribution is -2.39. The highest BCUT2D eigenvalue weighted by Crippen LogP contribution is 2.33. The van der Waals surface area contributed by atoms with Crippen LogP contribution in [0.3, 0.4) is 0 Å². The Hall–Kier alpha value is -2.12. The largest absolute Gasteiger partial charge is 0.466 e. The molecule has 0 N–H and O–H groups in total. The SMILES string of the molecule is CCOC(=O)CCC(=O)N1CCC(c2nn(C)c(=O)n2C2CCCC2)CC1. The molecular weight excluding hydrogens is 348 g/mol. The number of ether oxygens (including phenoxy) is 1. The first kappa shape index (κ1) is 19.6. The fourth-order valence-corrected chi connectivity index (χ4v) is 4.27. The predicted molar refractivity (Wildman–Crippen MR) is 99.4 cm³/mol. The van der Waals surface area contributed by atoms with Crippen molar-refractivity contribution >= 4 is 11.9 Å². The third kappa shape index (κ3) is 4.42. The van der Waals surface area contributed by atoms with Gasteiger partial charge < -0.3 is 9.64 Å². The lowest BCUT2D eigenvalue weighted by atomic mass is 9.95. The number of hydrogen-bond acceptors (Lipinski definition) is 5. The van der Waals surface area contributed by atoms with Crippen LogP contribution in [-0.2, 0) is 21.4 Å². The number of carbonyl (C=O) groups is 2. The highest BCUT2D eigenvalue weighted by molar-refractivity contribution is 5.81. The summed E-state index contributed by atoms with van der Waals surface area (Å²) in [6.07, 6.45) is 6.35. The third-order valence-corrected chi connectivity index (χ3v) is 5.73. The lowest BCUT2D eigenvalue weighted by molar-refractivity contribution is -0.145. The van der Waals surface area contributed by atoms with Gasteiger partial charge in [0.2, 0.25) is 5.91 Å². The number of amides is 1. The molecule has 1 aromatic heterocycles. The van der Waals surface area contributed by atoms with Crippen LogP contribution in [0.5, 0.6) is 0 Å². The quantitative estimate of drug-likeness (QED) is 0.704. The Balaban J connectivity index is 1.59. The normalized spacial score (nSPS) is 18.8. The molecule has 8 heteroatoms. The summed E-state index contributed by atoms with van der Waals surface area (Å²) in [6, 6.07) is 0.269. The van der Waals surface area contributed by atoms with Gasteiger partial charge in [-0.1, -0.05) is 12.8 Å². The Morgan fingerprint density at radius 2 is 1.78 bits per heavy atom. The van der Waals surface area contributed by atoms with E-state index in [2.05, 4.69) is 5.10 Å². The summed E-state index contributed by atoms with van der Waals surface area (Å²) >= 11 is 0. The van der Waals surface area contributed by atoms with Gasteiger partial charge in [0, 0.05) is 38.5 Å². The van der Waals surface area contributed by atoms with E-state index in [4.69, 9.17) is 4.74 Å². The summed E-state index contributed by atoms with van der Waals surface area (Å²) in [6.45, 7) is 3.38. The third-order valence-electron chi connectivity index (χ3n) is 5.73. The zero-order valence-electron chi connectivity index (χ0n) is 16.4. The number of aryl methyl sites for hydroxylation is 1. The van der Waals surface area contributed by atoms with Crippen LogP contribution in [0, 0.1) is 0 Å². The van der Waals surface area contributed by atoms with Gasteiger partial charge in [0.15, 0.2) is 0 Å². The molecule has 0 aromatic carbocycles. The van der Waals surface area contributed by atoms with E-state index in [1.165, 1.54) is 17.5 Å². The smallest absolute Gasteiger partial charge is 0.345 e. The highest BCUT2D eigenvalue weighted by Gasteiger charge is 2.31. The molecule has 2 fully saturated rings. The molecule has 0 spiro atoms. The maximum atomic E-state index is 12.5. The van der Waals surface area contributed by atoms with Gasteiger partial charge in [-0.2, -0.15) is 5.10 Å². The van der Waals surface area contributed by atoms with E-state index in [1.807, 2.05) is 9.47 Å². The number of carbonyl (C=O) groups excluding carboxylic acids is 2. The first-order valence-corrected chi connectivity index (χ1v) is 10.1. The van der Waals surface area contributed by atoms with Gasteiger partial charge in [-0.15, -0.1) is 0 Å². The second-order valence-corrected chi connectivity index (χ2v) is 7.53. The Kier molecular flexibility index (Phi) is 6.34. The van der Waals surface area contributed by atoms with Gasteiger partial charge in [0.1, 0.15) is 5.82 Å². The van der Waals surface area contributed by atoms with Crippen LogP contribution in [-0.4, -0.2) is 50.8 Å². The van der Waals surface area contributed by atoms with E-state index >= 15 is 0 Å². The summed E-state index contributed by atoms with van der Waals surface area (Å²) < 4.78 is 8.24. The number of hydrogen-bond donors (Lipinski definition) is 0. The van der Waals surface area contributed by atoms with Gasteiger partial charge in [-0.05, 0) is 32.6 Å². The molecule has 150 valence electrons. The van der Waals surface area contributed by atoms with E-state index in [1.54, 1.807) is 14.0 Å². The molecule has 2 aliphatic rings. The molecule has 1 aliphatic heterocycles. The fraction of sp³-hybridized carbons (Fsp3) is 0.789. The molecule has 3 rings (SSSR count). The molecule has 1 saturated heterocycles. The van der Waals surface area contributed by atoms with Crippen LogP contribution in [0.15, 0.2) is 4.79 Å². The molecule has 27 heavy (non-hydrogen) atoms. The number of likely N-dealkylation sites (tertiary alicyclic amines) is 1. The lowest BCUT2D eigenvalue weighted by Gasteiger charge is -2.32. The van der Waals surface area contributed by atoms with Gasteiger partial charge in [0.25, 0.3) is 0 Å². The Morgan fingerprint density at radius 3 is 2.41 bits per heavy atom. The molecule has 1 saturated carbocycles. The number of esters is 1. The Labute approximate surface area is 159 Å². The standard InChI is InChI=1S/C19H30N4O4/c1-3-27-17(25)9-8-16(24)22-12-10-14(11-13-22)18-20-21(2)19(26)23(18)15-6-4-5-7-15/h14-15H,3-13H2,1-2H3. The van der Waals surface area contributed by atoms with Crippen LogP contribution < -0.4 is 5.69 Å². The van der Waals surface area contributed by atoms with Crippen molar-refractivity contribution in [2.45, 2.75) is 70.3 Å². The Morgan fingerprint density at radius 1 is 1.11 bits per heavy atom. The molecule has 0 atom stereocenters. The first-order chi connectivity index (χ1) is 13.0. The number of aromatic nitrogens is 3. The summed E-state index contributed by atoms with van der Waals surface area (Å²) in [5.74, 6) is 0.757. The molecular formula is C19H30N4O4. The zero-order chi connectivity index (χ0) is 19.4. The fourth-order valence-electron chi connectivity index (χ4n) is 4.27. The van der Waals surface area contributed by atoms with Crippen molar-refractivity contribution in [3.63, 3.8) is 0 Å². The minimum absolute atomic E-state index is 0.00397. The molecule has 0 unspecified atom stereocenters. The number of nitrogens with zero attached hydrogens (tertiary/aromatic N) is 4. The molecule has 0 bridgehead atoms. The van der Waals surface area contributed by atoms with Crippen LogP contribution in [0.4, 0.5) is 0 Å². The zero-order valence-corrected chi connectivity index (χ0v) is 16.4. The summed E-state index contributed by atoms with van der Waals surface area (Å²) in [7, 11) is 1.71. The van der Waals surface area contributed by atoms with Crippen molar-refractivity contribution in [3.8, 4) is 0 Å². The second-order valence-electron chi connectivity index (χ2n) is 7.53. The minimum atomic E-state index is -0.324. The van der Waals surface area contributed by atoms with Crippen molar-refractivity contribution in [1.29, 1.82) is 0 Å². The second kappa shape index (κ2) is 8.71. The van der Waals surface area contributed by atoms with E-state index in [0.717, 1.165) is 31.5 Å². The molecule has 1 aromatic rings. The molecule has 8 nitrogen and oxygen atoms in total. The molecule has 2 heterocycles. The average molecular weight is 378 g/mol. The van der Waals surface area contributed by atoms with Crippen molar-refractivity contribution in [1.82, 2.24) is 19.2 Å². The predicted octanol–water partition coefficient (Wildman–Crippen LogP) is 1.75. The van der Waals surface area contributed by atoms with Crippen molar-refractivity contribution in [3.05, 3.63) is 16.3 Å². The van der Waals surface area contributed by atoms with Crippen LogP contribution in [0.1, 0.15) is 76.1 Å². The average Bonchev–Trinajstić information content (AvgIpc) is 3.29. The van der Waals surface area contributed by atoms with Crippen molar-refractivity contribution < 1.29 is 14.3 Å². The van der Waals surface area contributed by atoms with Gasteiger partial charge in [-0.3, -0.25) is 14.2 Å². The monoisotopic (exact) mass is 378 g/mol. The van der Waals surface area contributed by atoms with Crippen LogP contribution in [0.2, 0.25) is 0 Å². The van der Waals surface area contributed by atoms with Crippen LogP contribution in [0.25, 0.3) is 0 Å². The van der Waals surface area contributed by atoms with Crippen LogP contribution >= 0.6 is 0 Å². The van der Waals surface area contributed by atoms with Gasteiger partial charge in [0.05, 0.1) is 13.0 Å². The van der Waals surface area contributed by atoms with Crippen molar-refractivity contribution in [2.24, 2.45) is 7.05 Å². The van der Waals surface area contributed by atoms with Gasteiger partial charge >= 0.3 is 11.7 Å². The summed E-state index contributed by atoms with van der Waals surface area (Å²) in [4.78, 5) is 38.1. The Bertz CT molecular complexity index is 725. The molecule has 1 amide bonds. The van der Waals surface area contributed by atoms with E-state index in [9.17, 15) is 14.4 Å². The highest BCUT2D eigenvalue weighted by atomic mass is 16.5.